The van der Waals surface area contributed by atoms with E-state index in [0.29, 0.717) is 12.6 Å². The van der Waals surface area contributed by atoms with Crippen molar-refractivity contribution in [2.24, 2.45) is 0 Å². The van der Waals surface area contributed by atoms with E-state index in [1.165, 1.54) is 36.6 Å². The number of rotatable bonds is 9. The highest BCUT2D eigenvalue weighted by Crippen LogP contribution is 2.36. The summed E-state index contributed by atoms with van der Waals surface area (Å²) in [7, 11) is 0. The van der Waals surface area contributed by atoms with Crippen molar-refractivity contribution in [1.29, 1.82) is 0 Å². The summed E-state index contributed by atoms with van der Waals surface area (Å²) < 4.78 is 2.20. The van der Waals surface area contributed by atoms with E-state index >= 15 is 0 Å². The highest BCUT2D eigenvalue weighted by Gasteiger charge is 2.31. The fraction of sp³-hybridized carbons (Fsp3) is 0.423. The number of carbonyl (C=O) groups excluding carboxylic acids is 1. The zero-order valence-corrected chi connectivity index (χ0v) is 19.7. The first kappa shape index (κ1) is 22.2. The van der Waals surface area contributed by atoms with E-state index in [1.54, 1.807) is 0 Å². The molecule has 0 radical (unpaired) electrons. The van der Waals surface area contributed by atoms with Crippen LogP contribution in [0.2, 0.25) is 0 Å². The van der Waals surface area contributed by atoms with Crippen molar-refractivity contribution in [1.82, 2.24) is 25.0 Å². The molecule has 2 aromatic carbocycles. The van der Waals surface area contributed by atoms with Gasteiger partial charge in [-0.15, -0.1) is 10.2 Å². The molecule has 172 valence electrons. The van der Waals surface area contributed by atoms with Crippen LogP contribution in [-0.2, 0) is 17.9 Å². The normalized spacial score (nSPS) is 17.6. The van der Waals surface area contributed by atoms with Gasteiger partial charge in [0.05, 0.1) is 13.1 Å². The van der Waals surface area contributed by atoms with Crippen molar-refractivity contribution in [2.75, 3.05) is 13.1 Å². The number of thioether (sulfide) groups is 1. The number of nitrogens with zero attached hydrogens (tertiary/aromatic N) is 4. The molecule has 6 nitrogen and oxygen atoms in total. The van der Waals surface area contributed by atoms with Gasteiger partial charge >= 0.3 is 0 Å². The summed E-state index contributed by atoms with van der Waals surface area (Å²) in [6, 6.07) is 20.8. The number of carbonyl (C=O) groups is 1. The van der Waals surface area contributed by atoms with E-state index in [-0.39, 0.29) is 11.2 Å². The topological polar surface area (TPSA) is 63.1 Å². The van der Waals surface area contributed by atoms with Gasteiger partial charge in [-0.2, -0.15) is 0 Å². The molecule has 0 spiro atoms. The maximum atomic E-state index is 13.2. The molecule has 3 aromatic rings. The fourth-order valence-electron chi connectivity index (χ4n) is 4.28. The van der Waals surface area contributed by atoms with Gasteiger partial charge < -0.3 is 9.88 Å². The van der Waals surface area contributed by atoms with E-state index in [9.17, 15) is 4.79 Å². The number of aromatic nitrogens is 3. The second-order valence-electron chi connectivity index (χ2n) is 9.00. The average molecular weight is 462 g/mol. The summed E-state index contributed by atoms with van der Waals surface area (Å²) in [4.78, 5) is 15.7. The molecule has 5 rings (SSSR count). The van der Waals surface area contributed by atoms with Crippen molar-refractivity contribution < 1.29 is 4.79 Å². The number of amides is 1. The lowest BCUT2D eigenvalue weighted by Crippen LogP contribution is -2.31. The van der Waals surface area contributed by atoms with Crippen LogP contribution in [0.15, 0.2) is 65.8 Å². The first-order valence-corrected chi connectivity index (χ1v) is 12.8. The first-order chi connectivity index (χ1) is 16.3. The number of benzene rings is 2. The summed E-state index contributed by atoms with van der Waals surface area (Å²) in [6.07, 6.45) is 5.94. The summed E-state index contributed by atoms with van der Waals surface area (Å²) in [5.41, 5.74) is 2.20. The van der Waals surface area contributed by atoms with Crippen molar-refractivity contribution in [2.45, 2.75) is 61.6 Å². The Labute approximate surface area is 199 Å². The van der Waals surface area contributed by atoms with E-state index in [2.05, 4.69) is 49.2 Å². The average Bonchev–Trinajstić information content (AvgIpc) is 3.60. The molecule has 7 heteroatoms. The Bertz CT molecular complexity index is 1050. The van der Waals surface area contributed by atoms with Gasteiger partial charge in [-0.25, -0.2) is 0 Å². The molecule has 33 heavy (non-hydrogen) atoms. The predicted octanol–water partition coefficient (Wildman–Crippen LogP) is 4.42. The third-order valence-electron chi connectivity index (χ3n) is 6.28. The molecule has 1 amide bonds. The molecule has 1 saturated heterocycles. The molecule has 1 aliphatic heterocycles. The van der Waals surface area contributed by atoms with E-state index < -0.39 is 0 Å². The van der Waals surface area contributed by atoms with Gasteiger partial charge in [0.2, 0.25) is 5.91 Å². The minimum atomic E-state index is -0.353. The van der Waals surface area contributed by atoms with Gasteiger partial charge in [0, 0.05) is 6.04 Å². The van der Waals surface area contributed by atoms with Gasteiger partial charge in [0.15, 0.2) is 5.16 Å². The molecule has 1 unspecified atom stereocenters. The van der Waals surface area contributed by atoms with Crippen LogP contribution in [0.5, 0.6) is 0 Å². The second kappa shape index (κ2) is 10.5. The molecular formula is C26H31N5OS. The summed E-state index contributed by atoms with van der Waals surface area (Å²) >= 11 is 1.51. The van der Waals surface area contributed by atoms with Crippen LogP contribution in [0.4, 0.5) is 0 Å². The fourth-order valence-corrected chi connectivity index (χ4v) is 5.34. The Morgan fingerprint density at radius 2 is 1.64 bits per heavy atom. The summed E-state index contributed by atoms with van der Waals surface area (Å²) in [6.45, 7) is 3.71. The van der Waals surface area contributed by atoms with Crippen molar-refractivity contribution >= 4 is 17.7 Å². The SMILES string of the molecule is O=C(NC1CC1)C(Sc1nnc(CN2CCCCC2)n1Cc1ccccc1)c1ccccc1. The number of piperidine rings is 1. The molecular weight excluding hydrogens is 430 g/mol. The summed E-state index contributed by atoms with van der Waals surface area (Å²) in [5, 5.41) is 12.8. The maximum absolute atomic E-state index is 13.2. The quantitative estimate of drug-likeness (QED) is 0.478. The third kappa shape index (κ3) is 5.84. The standard InChI is InChI=1S/C26H31N5OS/c32-25(27-22-14-15-22)24(21-12-6-2-7-13-21)33-26-29-28-23(19-30-16-8-3-9-17-30)31(26)18-20-10-4-1-5-11-20/h1-2,4-7,10-13,22,24H,3,8-9,14-19H2,(H,27,32). The van der Waals surface area contributed by atoms with Gasteiger partial charge in [-0.05, 0) is 49.9 Å². The molecule has 2 aliphatic rings. The highest BCUT2D eigenvalue weighted by molar-refractivity contribution is 8.00. The van der Waals surface area contributed by atoms with Crippen molar-refractivity contribution in [3.63, 3.8) is 0 Å². The number of hydrogen-bond acceptors (Lipinski definition) is 5. The minimum Gasteiger partial charge on any atom is -0.352 e. The lowest BCUT2D eigenvalue weighted by atomic mass is 10.1. The van der Waals surface area contributed by atoms with E-state index in [4.69, 9.17) is 0 Å². The smallest absolute Gasteiger partial charge is 0.238 e. The Kier molecular flexibility index (Phi) is 7.07. The van der Waals surface area contributed by atoms with Crippen LogP contribution in [0.25, 0.3) is 0 Å². The second-order valence-corrected chi connectivity index (χ2v) is 10.1. The molecule has 0 bridgehead atoms. The molecule has 1 saturated carbocycles. The lowest BCUT2D eigenvalue weighted by molar-refractivity contribution is -0.120. The van der Waals surface area contributed by atoms with Gasteiger partial charge in [-0.1, -0.05) is 78.8 Å². The van der Waals surface area contributed by atoms with Crippen molar-refractivity contribution in [3.05, 3.63) is 77.6 Å². The Hall–Kier alpha value is -2.64. The highest BCUT2D eigenvalue weighted by atomic mass is 32.2. The molecule has 1 atom stereocenters. The number of hydrogen-bond donors (Lipinski definition) is 1. The molecule has 1 aromatic heterocycles. The van der Waals surface area contributed by atoms with Gasteiger partial charge in [0.25, 0.3) is 0 Å². The van der Waals surface area contributed by atoms with Crippen LogP contribution in [0, 0.1) is 0 Å². The predicted molar refractivity (Wildman–Crippen MR) is 131 cm³/mol. The minimum absolute atomic E-state index is 0.0561. The van der Waals surface area contributed by atoms with Crippen LogP contribution in [0.3, 0.4) is 0 Å². The largest absolute Gasteiger partial charge is 0.352 e. The molecule has 1 aliphatic carbocycles. The van der Waals surface area contributed by atoms with E-state index in [0.717, 1.165) is 49.0 Å². The Balaban J connectivity index is 1.43. The van der Waals surface area contributed by atoms with Crippen molar-refractivity contribution in [3.8, 4) is 0 Å². The van der Waals surface area contributed by atoms with Gasteiger partial charge in [-0.3, -0.25) is 9.69 Å². The maximum Gasteiger partial charge on any atom is 0.238 e. The summed E-state index contributed by atoms with van der Waals surface area (Å²) in [5.74, 6) is 1.03. The molecule has 2 fully saturated rings. The van der Waals surface area contributed by atoms with Gasteiger partial charge in [0.1, 0.15) is 11.1 Å². The molecule has 2 heterocycles. The van der Waals surface area contributed by atoms with Crippen LogP contribution >= 0.6 is 11.8 Å². The van der Waals surface area contributed by atoms with Crippen LogP contribution < -0.4 is 5.32 Å². The third-order valence-corrected chi connectivity index (χ3v) is 7.51. The number of nitrogens with one attached hydrogen (secondary N) is 1. The lowest BCUT2D eigenvalue weighted by Gasteiger charge is -2.26. The molecule has 1 N–H and O–H groups in total. The first-order valence-electron chi connectivity index (χ1n) is 12.0. The zero-order chi connectivity index (χ0) is 22.5. The zero-order valence-electron chi connectivity index (χ0n) is 18.9. The van der Waals surface area contributed by atoms with E-state index in [1.807, 2.05) is 36.4 Å². The Morgan fingerprint density at radius 1 is 0.939 bits per heavy atom. The van der Waals surface area contributed by atoms with Crippen LogP contribution in [-0.4, -0.2) is 44.7 Å². The monoisotopic (exact) mass is 461 g/mol. The van der Waals surface area contributed by atoms with Crippen LogP contribution in [0.1, 0.15) is 54.3 Å². The number of likely N-dealkylation sites (tertiary alicyclic amines) is 1. The Morgan fingerprint density at radius 3 is 2.33 bits per heavy atom.